The summed E-state index contributed by atoms with van der Waals surface area (Å²) >= 11 is 0. The van der Waals surface area contributed by atoms with Crippen LogP contribution in [0.1, 0.15) is 58.3 Å². The van der Waals surface area contributed by atoms with Crippen LogP contribution in [0.3, 0.4) is 0 Å². The van der Waals surface area contributed by atoms with Crippen molar-refractivity contribution in [1.29, 1.82) is 0 Å². The largest absolute Gasteiger partial charge is 0.313 e. The van der Waals surface area contributed by atoms with Crippen molar-refractivity contribution in [3.63, 3.8) is 0 Å². The van der Waals surface area contributed by atoms with Crippen molar-refractivity contribution in [3.8, 4) is 0 Å². The first-order valence-electron chi connectivity index (χ1n) is 7.37. The maximum absolute atomic E-state index is 3.68. The zero-order valence-corrected chi connectivity index (χ0v) is 10.9. The van der Waals surface area contributed by atoms with E-state index in [0.717, 1.165) is 12.1 Å². The normalized spacial score (nSPS) is 28.5. The van der Waals surface area contributed by atoms with Gasteiger partial charge < -0.3 is 5.32 Å². The average molecular weight is 224 g/mol. The number of likely N-dealkylation sites (N-methyl/N-ethyl adjacent to an activating group) is 1. The summed E-state index contributed by atoms with van der Waals surface area (Å²) in [5.74, 6) is 0. The zero-order valence-electron chi connectivity index (χ0n) is 10.9. The number of nitrogens with one attached hydrogen (secondary N) is 1. The molecule has 2 fully saturated rings. The molecule has 0 bridgehead atoms. The van der Waals surface area contributed by atoms with Crippen molar-refractivity contribution in [3.05, 3.63) is 0 Å². The van der Waals surface area contributed by atoms with Gasteiger partial charge in [-0.2, -0.15) is 0 Å². The highest BCUT2D eigenvalue weighted by Crippen LogP contribution is 2.23. The molecule has 0 amide bonds. The summed E-state index contributed by atoms with van der Waals surface area (Å²) in [6, 6.07) is 1.66. The summed E-state index contributed by atoms with van der Waals surface area (Å²) in [6.45, 7) is 6.11. The molecule has 1 heterocycles. The number of hydrogen-bond donors (Lipinski definition) is 1. The summed E-state index contributed by atoms with van der Waals surface area (Å²) in [5.41, 5.74) is 0. The Labute approximate surface area is 101 Å². The molecule has 1 aliphatic carbocycles. The van der Waals surface area contributed by atoms with Gasteiger partial charge in [0.1, 0.15) is 0 Å². The average Bonchev–Trinajstić information content (AvgIpc) is 2.38. The van der Waals surface area contributed by atoms with Crippen LogP contribution in [0, 0.1) is 0 Å². The lowest BCUT2D eigenvalue weighted by Gasteiger charge is -2.37. The smallest absolute Gasteiger partial charge is 0.0195 e. The highest BCUT2D eigenvalue weighted by Gasteiger charge is 2.23. The van der Waals surface area contributed by atoms with Gasteiger partial charge in [0.05, 0.1) is 0 Å². The maximum Gasteiger partial charge on any atom is 0.0195 e. The third kappa shape index (κ3) is 3.46. The van der Waals surface area contributed by atoms with E-state index in [2.05, 4.69) is 17.1 Å². The molecule has 1 saturated carbocycles. The summed E-state index contributed by atoms with van der Waals surface area (Å²) in [6.07, 6.45) is 11.5. The third-order valence-electron chi connectivity index (χ3n) is 4.36. The fourth-order valence-electron chi connectivity index (χ4n) is 3.35. The molecule has 2 heteroatoms. The van der Waals surface area contributed by atoms with Gasteiger partial charge in [0.2, 0.25) is 0 Å². The molecule has 16 heavy (non-hydrogen) atoms. The van der Waals surface area contributed by atoms with E-state index in [4.69, 9.17) is 0 Å². The van der Waals surface area contributed by atoms with Crippen molar-refractivity contribution < 1.29 is 0 Å². The van der Waals surface area contributed by atoms with E-state index in [1.165, 1.54) is 71.0 Å². The third-order valence-corrected chi connectivity index (χ3v) is 4.36. The Morgan fingerprint density at radius 1 is 1.00 bits per heavy atom. The summed E-state index contributed by atoms with van der Waals surface area (Å²) in [4.78, 5) is 2.74. The van der Waals surface area contributed by atoms with Gasteiger partial charge in [-0.1, -0.05) is 32.6 Å². The molecule has 1 atom stereocenters. The van der Waals surface area contributed by atoms with Crippen LogP contribution in [0.5, 0.6) is 0 Å². The molecule has 1 aliphatic heterocycles. The van der Waals surface area contributed by atoms with Crippen LogP contribution in [-0.2, 0) is 0 Å². The van der Waals surface area contributed by atoms with Crippen LogP contribution >= 0.6 is 0 Å². The van der Waals surface area contributed by atoms with Gasteiger partial charge >= 0.3 is 0 Å². The van der Waals surface area contributed by atoms with Gasteiger partial charge in [-0.3, -0.25) is 4.90 Å². The first kappa shape index (κ1) is 12.4. The topological polar surface area (TPSA) is 15.3 Å². The number of hydrogen-bond acceptors (Lipinski definition) is 2. The van der Waals surface area contributed by atoms with Crippen LogP contribution in [0.15, 0.2) is 0 Å². The number of rotatable bonds is 4. The summed E-state index contributed by atoms with van der Waals surface area (Å²) in [5, 5.41) is 3.68. The van der Waals surface area contributed by atoms with E-state index >= 15 is 0 Å². The van der Waals surface area contributed by atoms with E-state index in [1.807, 2.05) is 0 Å². The second kappa shape index (κ2) is 6.61. The van der Waals surface area contributed by atoms with E-state index < -0.39 is 0 Å². The Morgan fingerprint density at radius 3 is 2.38 bits per heavy atom. The molecule has 94 valence electrons. The highest BCUT2D eigenvalue weighted by molar-refractivity contribution is 4.81. The van der Waals surface area contributed by atoms with Crippen LogP contribution in [-0.4, -0.2) is 36.6 Å². The molecule has 1 N–H and O–H groups in total. The van der Waals surface area contributed by atoms with Gasteiger partial charge in [-0.15, -0.1) is 0 Å². The molecule has 1 saturated heterocycles. The Morgan fingerprint density at radius 2 is 1.75 bits per heavy atom. The molecule has 1 unspecified atom stereocenters. The van der Waals surface area contributed by atoms with Gasteiger partial charge in [-0.25, -0.2) is 0 Å². The second-order valence-electron chi connectivity index (χ2n) is 5.53. The van der Waals surface area contributed by atoms with Crippen molar-refractivity contribution in [2.45, 2.75) is 70.4 Å². The van der Waals surface area contributed by atoms with Crippen LogP contribution in [0.2, 0.25) is 0 Å². The number of nitrogens with zero attached hydrogens (tertiary/aromatic N) is 1. The van der Waals surface area contributed by atoms with Crippen molar-refractivity contribution in [2.24, 2.45) is 0 Å². The van der Waals surface area contributed by atoms with Crippen LogP contribution < -0.4 is 5.32 Å². The minimum absolute atomic E-state index is 0.774. The Hall–Kier alpha value is -0.0800. The van der Waals surface area contributed by atoms with Crippen molar-refractivity contribution in [2.75, 3.05) is 19.6 Å². The lowest BCUT2D eigenvalue weighted by Crippen LogP contribution is -2.47. The maximum atomic E-state index is 3.68. The second-order valence-corrected chi connectivity index (χ2v) is 5.53. The minimum atomic E-state index is 0.774. The monoisotopic (exact) mass is 224 g/mol. The Bertz CT molecular complexity index is 181. The Balaban J connectivity index is 1.78. The van der Waals surface area contributed by atoms with Crippen molar-refractivity contribution >= 4 is 0 Å². The van der Waals surface area contributed by atoms with Crippen LogP contribution in [0.4, 0.5) is 0 Å². The molecule has 0 radical (unpaired) electrons. The first-order chi connectivity index (χ1) is 7.90. The lowest BCUT2D eigenvalue weighted by molar-refractivity contribution is 0.141. The van der Waals surface area contributed by atoms with Crippen LogP contribution in [0.25, 0.3) is 0 Å². The molecule has 2 aliphatic rings. The molecule has 2 nitrogen and oxygen atoms in total. The molecule has 0 aromatic heterocycles. The SMILES string of the molecule is CCN(CC1CCCCN1)C1CCCCC1. The van der Waals surface area contributed by atoms with Crippen molar-refractivity contribution in [1.82, 2.24) is 10.2 Å². The predicted molar refractivity (Wildman–Crippen MR) is 69.8 cm³/mol. The van der Waals surface area contributed by atoms with E-state index in [-0.39, 0.29) is 0 Å². The van der Waals surface area contributed by atoms with Gasteiger partial charge in [-0.05, 0) is 38.8 Å². The molecule has 2 rings (SSSR count). The quantitative estimate of drug-likeness (QED) is 0.790. The van der Waals surface area contributed by atoms with Gasteiger partial charge in [0, 0.05) is 18.6 Å². The molecule has 0 aromatic rings. The fraction of sp³-hybridized carbons (Fsp3) is 1.00. The molecule has 0 spiro atoms. The molecular formula is C14H28N2. The highest BCUT2D eigenvalue weighted by atomic mass is 15.2. The van der Waals surface area contributed by atoms with Gasteiger partial charge in [0.15, 0.2) is 0 Å². The first-order valence-corrected chi connectivity index (χ1v) is 7.37. The lowest BCUT2D eigenvalue weighted by atomic mass is 9.93. The minimum Gasteiger partial charge on any atom is -0.313 e. The van der Waals surface area contributed by atoms with E-state index in [9.17, 15) is 0 Å². The zero-order chi connectivity index (χ0) is 11.2. The van der Waals surface area contributed by atoms with E-state index in [0.29, 0.717) is 0 Å². The van der Waals surface area contributed by atoms with E-state index in [1.54, 1.807) is 0 Å². The number of piperidine rings is 1. The fourth-order valence-corrected chi connectivity index (χ4v) is 3.35. The molecular weight excluding hydrogens is 196 g/mol. The molecule has 0 aromatic carbocycles. The van der Waals surface area contributed by atoms with Gasteiger partial charge in [0.25, 0.3) is 0 Å². The summed E-state index contributed by atoms with van der Waals surface area (Å²) < 4.78 is 0. The standard InChI is InChI=1S/C14H28N2/c1-2-16(14-9-4-3-5-10-14)12-13-8-6-7-11-15-13/h13-15H,2-12H2,1H3. The Kier molecular flexibility index (Phi) is 5.11. The predicted octanol–water partition coefficient (Wildman–Crippen LogP) is 2.78. The summed E-state index contributed by atoms with van der Waals surface area (Å²) in [7, 11) is 0.